The first kappa shape index (κ1) is 18.9. The molecule has 1 aliphatic carbocycles. The highest BCUT2D eigenvalue weighted by molar-refractivity contribution is 7.91. The second kappa shape index (κ2) is 7.42. The molecule has 0 aliphatic heterocycles. The van der Waals surface area contributed by atoms with E-state index in [1.807, 2.05) is 7.05 Å². The van der Waals surface area contributed by atoms with Crippen molar-refractivity contribution in [2.75, 3.05) is 27.4 Å². The molecule has 0 aromatic rings. The zero-order valence-electron chi connectivity index (χ0n) is 14.6. The summed E-state index contributed by atoms with van der Waals surface area (Å²) < 4.78 is 23.9. The van der Waals surface area contributed by atoms with E-state index in [1.54, 1.807) is 0 Å². The van der Waals surface area contributed by atoms with Crippen molar-refractivity contribution in [3.8, 4) is 0 Å². The summed E-state index contributed by atoms with van der Waals surface area (Å²) in [4.78, 5) is 2.33. The summed E-state index contributed by atoms with van der Waals surface area (Å²) in [5.74, 6) is 0.436. The summed E-state index contributed by atoms with van der Waals surface area (Å²) in [5.41, 5.74) is 0.0960. The highest BCUT2D eigenvalue weighted by atomic mass is 32.2. The van der Waals surface area contributed by atoms with Gasteiger partial charge in [0, 0.05) is 17.8 Å². The average molecular weight is 319 g/mol. The molecule has 0 spiro atoms. The van der Waals surface area contributed by atoms with Gasteiger partial charge in [-0.2, -0.15) is 0 Å². The van der Waals surface area contributed by atoms with Crippen molar-refractivity contribution >= 4 is 9.84 Å². The van der Waals surface area contributed by atoms with Gasteiger partial charge < -0.3 is 10.2 Å². The van der Waals surface area contributed by atoms with Crippen LogP contribution < -0.4 is 5.32 Å². The molecule has 0 bridgehead atoms. The zero-order valence-corrected chi connectivity index (χ0v) is 15.5. The van der Waals surface area contributed by atoms with Crippen molar-refractivity contribution in [1.29, 1.82) is 0 Å². The van der Waals surface area contributed by atoms with Crippen LogP contribution in [0.15, 0.2) is 0 Å². The van der Waals surface area contributed by atoms with Crippen molar-refractivity contribution in [3.05, 3.63) is 0 Å². The smallest absolute Gasteiger partial charge is 0.150 e. The van der Waals surface area contributed by atoms with Crippen LogP contribution in [-0.2, 0) is 9.84 Å². The van der Waals surface area contributed by atoms with Gasteiger partial charge in [0.1, 0.15) is 9.84 Å². The van der Waals surface area contributed by atoms with E-state index in [4.69, 9.17) is 0 Å². The minimum Gasteiger partial charge on any atom is -0.315 e. The molecular weight excluding hydrogens is 284 g/mol. The summed E-state index contributed by atoms with van der Waals surface area (Å²) in [6.45, 7) is 4.48. The summed E-state index contributed by atoms with van der Waals surface area (Å²) in [6.07, 6.45) is 7.33. The lowest BCUT2D eigenvalue weighted by atomic mass is 9.71. The topological polar surface area (TPSA) is 49.4 Å². The number of nitrogens with zero attached hydrogens (tertiary/aromatic N) is 1. The van der Waals surface area contributed by atoms with Crippen LogP contribution in [0.2, 0.25) is 0 Å². The zero-order chi connectivity index (χ0) is 16.3. The number of sulfone groups is 1. The van der Waals surface area contributed by atoms with Gasteiger partial charge in [-0.3, -0.25) is 0 Å². The minimum absolute atomic E-state index is 0.0960. The molecule has 0 saturated heterocycles. The van der Waals surface area contributed by atoms with E-state index in [1.165, 1.54) is 6.26 Å². The molecule has 3 atom stereocenters. The van der Waals surface area contributed by atoms with Crippen molar-refractivity contribution in [1.82, 2.24) is 10.2 Å². The van der Waals surface area contributed by atoms with E-state index in [9.17, 15) is 8.42 Å². The number of nitrogens with one attached hydrogen (secondary N) is 1. The Morgan fingerprint density at radius 2 is 1.81 bits per heavy atom. The predicted molar refractivity (Wildman–Crippen MR) is 90.4 cm³/mol. The molecule has 1 rings (SSSR count). The Balaban J connectivity index is 3.03. The Kier molecular flexibility index (Phi) is 6.69. The summed E-state index contributed by atoms with van der Waals surface area (Å²) in [7, 11) is 3.40. The van der Waals surface area contributed by atoms with Gasteiger partial charge in [0.15, 0.2) is 0 Å². The van der Waals surface area contributed by atoms with Crippen LogP contribution >= 0.6 is 0 Å². The van der Waals surface area contributed by atoms with Crippen molar-refractivity contribution < 1.29 is 8.42 Å². The maximum Gasteiger partial charge on any atom is 0.150 e. The van der Waals surface area contributed by atoms with Gasteiger partial charge in [0.05, 0.1) is 5.25 Å². The molecule has 1 N–H and O–H groups in total. The third kappa shape index (κ3) is 3.99. The summed E-state index contributed by atoms with van der Waals surface area (Å²) >= 11 is 0. The Morgan fingerprint density at radius 3 is 2.19 bits per heavy atom. The quantitative estimate of drug-likeness (QED) is 0.782. The molecule has 0 radical (unpaired) electrons. The number of hydrogen-bond donors (Lipinski definition) is 1. The monoisotopic (exact) mass is 318 g/mol. The fourth-order valence-electron chi connectivity index (χ4n) is 4.42. The van der Waals surface area contributed by atoms with Gasteiger partial charge in [-0.1, -0.05) is 20.3 Å². The lowest BCUT2D eigenvalue weighted by Crippen LogP contribution is -2.61. The number of rotatable bonds is 7. The van der Waals surface area contributed by atoms with Crippen LogP contribution in [0.5, 0.6) is 0 Å². The molecule has 5 heteroatoms. The molecular formula is C16H34N2O2S. The van der Waals surface area contributed by atoms with E-state index >= 15 is 0 Å². The molecule has 1 saturated carbocycles. The van der Waals surface area contributed by atoms with Crippen LogP contribution in [-0.4, -0.2) is 57.5 Å². The van der Waals surface area contributed by atoms with E-state index in [0.717, 1.165) is 38.5 Å². The van der Waals surface area contributed by atoms with E-state index in [0.29, 0.717) is 12.0 Å². The third-order valence-electron chi connectivity index (χ3n) is 5.75. The maximum absolute atomic E-state index is 11.9. The van der Waals surface area contributed by atoms with E-state index in [-0.39, 0.29) is 10.8 Å². The van der Waals surface area contributed by atoms with Gasteiger partial charge in [-0.25, -0.2) is 8.42 Å². The summed E-state index contributed by atoms with van der Waals surface area (Å²) in [6, 6.07) is 0.340. The van der Waals surface area contributed by atoms with Crippen molar-refractivity contribution in [3.63, 3.8) is 0 Å². The van der Waals surface area contributed by atoms with Crippen LogP contribution in [0.4, 0.5) is 0 Å². The predicted octanol–water partition coefficient (Wildman–Crippen LogP) is 2.30. The SMILES string of the molecule is CCC(CC)(C(NC)C1CCCC(S(C)(=O)=O)C1)N(C)C. The molecule has 126 valence electrons. The second-order valence-electron chi connectivity index (χ2n) is 6.85. The molecule has 3 unspecified atom stereocenters. The fraction of sp³-hybridized carbons (Fsp3) is 1.00. The molecule has 4 nitrogen and oxygen atoms in total. The lowest BCUT2D eigenvalue weighted by Gasteiger charge is -2.49. The van der Waals surface area contributed by atoms with Crippen LogP contribution in [0.25, 0.3) is 0 Å². The number of likely N-dealkylation sites (N-methyl/N-ethyl adjacent to an activating group) is 2. The van der Waals surface area contributed by atoms with Gasteiger partial charge in [-0.05, 0) is 59.2 Å². The largest absolute Gasteiger partial charge is 0.315 e. The molecule has 21 heavy (non-hydrogen) atoms. The van der Waals surface area contributed by atoms with Crippen LogP contribution in [0.3, 0.4) is 0 Å². The Bertz CT molecular complexity index is 416. The average Bonchev–Trinajstić information content (AvgIpc) is 2.43. The minimum atomic E-state index is -2.92. The van der Waals surface area contributed by atoms with Gasteiger partial charge >= 0.3 is 0 Å². The Labute approximate surface area is 131 Å². The first-order chi connectivity index (χ1) is 9.72. The fourth-order valence-corrected chi connectivity index (χ4v) is 5.61. The van der Waals surface area contributed by atoms with Crippen molar-refractivity contribution in [2.45, 2.75) is 69.2 Å². The normalized spacial score (nSPS) is 26.0. The molecule has 0 aromatic heterocycles. The van der Waals surface area contributed by atoms with E-state index < -0.39 is 9.84 Å². The molecule has 0 amide bonds. The molecule has 1 aliphatic rings. The van der Waals surface area contributed by atoms with Gasteiger partial charge in [-0.15, -0.1) is 0 Å². The van der Waals surface area contributed by atoms with E-state index in [2.05, 4.69) is 38.2 Å². The first-order valence-corrected chi connectivity index (χ1v) is 10.2. The third-order valence-corrected chi connectivity index (χ3v) is 7.39. The van der Waals surface area contributed by atoms with Gasteiger partial charge in [0.2, 0.25) is 0 Å². The van der Waals surface area contributed by atoms with Crippen molar-refractivity contribution in [2.24, 2.45) is 5.92 Å². The molecule has 0 heterocycles. The lowest BCUT2D eigenvalue weighted by molar-refractivity contribution is 0.0527. The van der Waals surface area contributed by atoms with Crippen LogP contribution in [0, 0.1) is 5.92 Å². The maximum atomic E-state index is 11.9. The Morgan fingerprint density at radius 1 is 1.24 bits per heavy atom. The first-order valence-electron chi connectivity index (χ1n) is 8.26. The second-order valence-corrected chi connectivity index (χ2v) is 9.18. The standard InChI is InChI=1S/C16H34N2O2S/c1-7-16(8-2,18(4)5)15(17-3)13-10-9-11-14(12-13)21(6,19)20/h13-15,17H,7-12H2,1-6H3. The molecule has 0 aromatic carbocycles. The number of hydrogen-bond acceptors (Lipinski definition) is 4. The highest BCUT2D eigenvalue weighted by Gasteiger charge is 2.43. The van der Waals surface area contributed by atoms with Gasteiger partial charge in [0.25, 0.3) is 0 Å². The summed E-state index contributed by atoms with van der Waals surface area (Å²) in [5, 5.41) is 3.38. The van der Waals surface area contributed by atoms with Crippen LogP contribution in [0.1, 0.15) is 52.4 Å². The Hall–Kier alpha value is -0.130. The molecule has 1 fully saturated rings. The highest BCUT2D eigenvalue weighted by Crippen LogP contribution is 2.38.